The summed E-state index contributed by atoms with van der Waals surface area (Å²) < 4.78 is 32.5. The molecular weight excluding hydrogens is 694 g/mol. The molecule has 0 aromatic rings. The minimum atomic E-state index is -0.347. The summed E-state index contributed by atoms with van der Waals surface area (Å²) in [6.45, 7) is 6.86. The van der Waals surface area contributed by atoms with Gasteiger partial charge in [0, 0.05) is 18.3 Å². The zero-order valence-corrected chi connectivity index (χ0v) is 29.1. The van der Waals surface area contributed by atoms with Gasteiger partial charge in [0.25, 0.3) is 0 Å². The largest absolute Gasteiger partial charge is 1.00 e. The van der Waals surface area contributed by atoms with E-state index in [2.05, 4.69) is 0 Å². The molecule has 48 heavy (non-hydrogen) atoms. The van der Waals surface area contributed by atoms with E-state index in [9.17, 15) is 15.3 Å². The van der Waals surface area contributed by atoms with Crippen LogP contribution in [-0.2, 0) is 28.4 Å². The molecule has 3 atom stereocenters. The Morgan fingerprint density at radius 1 is 0.354 bits per heavy atom. The predicted molar refractivity (Wildman–Crippen MR) is 217 cm³/mol. The van der Waals surface area contributed by atoms with E-state index in [0.717, 1.165) is 0 Å². The van der Waals surface area contributed by atoms with Crippen molar-refractivity contribution >= 4 is 0 Å². The van der Waals surface area contributed by atoms with Crippen molar-refractivity contribution in [2.75, 3.05) is 72.7 Å². The molecule has 0 saturated carbocycles. The zero-order valence-electron chi connectivity index (χ0n) is 22.8. The van der Waals surface area contributed by atoms with Gasteiger partial charge in [-0.2, -0.15) is 0 Å². The SMILES string of the molecule is C.C.C.C.C.C.C.C.C.C.C.C.C.C.C.C.C.C.CC(C[O-])OCCOCC(COCCOC(C)C[O-])OCCOC(C)C[O-].[3H-].[3H-].[3H-].[K+].[K+].[K+]. The van der Waals surface area contributed by atoms with Gasteiger partial charge in [-0.3, -0.25) is 0 Å². The van der Waals surface area contributed by atoms with Gasteiger partial charge in [-0.25, -0.2) is 0 Å². The molecule has 3 unspecified atom stereocenters. The van der Waals surface area contributed by atoms with Crippen LogP contribution >= 0.6 is 0 Å². The topological polar surface area (TPSA) is 125 Å². The van der Waals surface area contributed by atoms with Crippen LogP contribution < -0.4 is 169 Å². The molecule has 0 N–H and O–H groups in total. The molecule has 0 fully saturated rings. The van der Waals surface area contributed by atoms with E-state index < -0.39 is 0 Å². The number of hydrogen-bond donors (Lipinski definition) is 0. The van der Waals surface area contributed by atoms with Crippen LogP contribution in [0.2, 0.25) is 0 Å². The fourth-order valence-corrected chi connectivity index (χ4v) is 1.80. The maximum absolute atomic E-state index is 10.6. The second-order valence-corrected chi connectivity index (χ2v) is 6.19. The first-order valence-electron chi connectivity index (χ1n) is 9.39. The van der Waals surface area contributed by atoms with Gasteiger partial charge >= 0.3 is 154 Å². The second kappa shape index (κ2) is 117. The summed E-state index contributed by atoms with van der Waals surface area (Å²) in [5.74, 6) is 0. The standard InChI is InChI=1S/C18H35O9.18CH4.3K.3H/c1-15(10-19)24-6-4-22-13-18(27-9-8-26-17(3)12-21)14-23-5-7-25-16(2)11-20;;;;;;;;;;;;;;;;;;;;;;;;/h15-18H,4-14H2,1-3H3;18*1H4;;;;;;/q-3;;;;;;;;;;;;;;;;;;;3*+1;3*-1/i;;;;;;;;;;;;;;;;;;;;;;3*1+2. The van der Waals surface area contributed by atoms with Crippen LogP contribution in [0.5, 0.6) is 0 Å². The minimum Gasteiger partial charge on any atom is -1.00 e. The van der Waals surface area contributed by atoms with Crippen molar-refractivity contribution in [3.63, 3.8) is 0 Å². The molecule has 0 aromatic heterocycles. The first kappa shape index (κ1) is 150. The summed E-state index contributed by atoms with van der Waals surface area (Å²) >= 11 is 0. The van der Waals surface area contributed by atoms with Crippen LogP contribution in [0.3, 0.4) is 0 Å². The van der Waals surface area contributed by atoms with E-state index in [1.807, 2.05) is 0 Å². The van der Waals surface area contributed by atoms with Crippen molar-refractivity contribution in [1.82, 2.24) is 0 Å². The first-order chi connectivity index (χ1) is 13.0. The third kappa shape index (κ3) is 110. The fraction of sp³-hybridized carbons (Fsp3) is 1.00. The average molecular weight is 811 g/mol. The molecule has 0 saturated heterocycles. The summed E-state index contributed by atoms with van der Waals surface area (Å²) in [7, 11) is 0. The van der Waals surface area contributed by atoms with Gasteiger partial charge < -0.3 is 48.0 Å². The van der Waals surface area contributed by atoms with Gasteiger partial charge in [0.05, 0.1) is 52.9 Å². The first-order valence-corrected chi connectivity index (χ1v) is 9.39. The Bertz CT molecular complexity index is 327. The number of rotatable bonds is 20. The molecule has 0 aliphatic rings. The Hall–Kier alpha value is 4.55. The molecule has 12 heteroatoms. The van der Waals surface area contributed by atoms with Crippen LogP contribution in [0, 0.1) is 0 Å². The molecule has 0 radical (unpaired) electrons. The molecule has 0 aliphatic heterocycles. The monoisotopic (exact) mass is 810 g/mol. The molecule has 0 rings (SSSR count). The van der Waals surface area contributed by atoms with Gasteiger partial charge in [0.2, 0.25) is 0 Å². The molecule has 0 bridgehead atoms. The van der Waals surface area contributed by atoms with Gasteiger partial charge in [-0.1, -0.05) is 134 Å². The van der Waals surface area contributed by atoms with Crippen molar-refractivity contribution in [2.24, 2.45) is 0 Å². The maximum Gasteiger partial charge on any atom is 1.00 e. The Morgan fingerprint density at radius 3 is 0.750 bits per heavy atom. The number of ether oxygens (including phenoxy) is 6. The summed E-state index contributed by atoms with van der Waals surface area (Å²) in [5, 5.41) is 31.8. The zero-order chi connectivity index (χ0) is 20.3. The van der Waals surface area contributed by atoms with E-state index in [1.54, 1.807) is 20.8 Å². The van der Waals surface area contributed by atoms with Crippen LogP contribution in [0.1, 0.15) is 159 Å². The Balaban J connectivity index is -0.0000000122. The van der Waals surface area contributed by atoms with Crippen molar-refractivity contribution < 1.29 is 202 Å². The Morgan fingerprint density at radius 2 is 0.542 bits per heavy atom. The van der Waals surface area contributed by atoms with Crippen LogP contribution in [0.4, 0.5) is 0 Å². The minimum absolute atomic E-state index is 0. The normalized spacial score (nSPS) is 9.12. The summed E-state index contributed by atoms with van der Waals surface area (Å²) in [5.41, 5.74) is 0. The maximum atomic E-state index is 10.6. The fourth-order valence-electron chi connectivity index (χ4n) is 1.80. The molecule has 0 aromatic carbocycles. The molecule has 0 aliphatic carbocycles. The molecule has 0 heterocycles. The van der Waals surface area contributed by atoms with Gasteiger partial charge in [0.1, 0.15) is 6.10 Å². The third-order valence-electron chi connectivity index (χ3n) is 3.41. The number of hydrogen-bond acceptors (Lipinski definition) is 9. The van der Waals surface area contributed by atoms with Gasteiger partial charge in [0.15, 0.2) is 0 Å². The average Bonchev–Trinajstić information content (AvgIpc) is 2.68. The smallest absolute Gasteiger partial charge is 1.00 e. The van der Waals surface area contributed by atoms with Crippen molar-refractivity contribution in [3.05, 3.63) is 0 Å². The van der Waals surface area contributed by atoms with Crippen molar-refractivity contribution in [3.8, 4) is 0 Å². The van der Waals surface area contributed by atoms with Crippen molar-refractivity contribution in [1.29, 1.82) is 0 Å². The predicted octanol–water partition coefficient (Wildman–Crippen LogP) is 0.500. The molecule has 0 spiro atoms. The molecular formula is C36H110K3O9-3. The molecule has 314 valence electrons. The second-order valence-electron chi connectivity index (χ2n) is 6.19. The van der Waals surface area contributed by atoms with E-state index in [1.165, 1.54) is 0 Å². The summed E-state index contributed by atoms with van der Waals surface area (Å²) in [6, 6.07) is 0. The van der Waals surface area contributed by atoms with E-state index >= 15 is 0 Å². The quantitative estimate of drug-likeness (QED) is 0.128. The Kier molecular flexibility index (Phi) is 365. The van der Waals surface area contributed by atoms with E-state index in [0.29, 0.717) is 52.9 Å². The van der Waals surface area contributed by atoms with E-state index in [-0.39, 0.29) is 336 Å². The van der Waals surface area contributed by atoms with Crippen LogP contribution in [0.25, 0.3) is 0 Å². The van der Waals surface area contributed by atoms with Gasteiger partial charge in [-0.05, 0) is 20.8 Å². The molecule has 0 amide bonds. The van der Waals surface area contributed by atoms with E-state index in [4.69, 9.17) is 28.4 Å². The summed E-state index contributed by atoms with van der Waals surface area (Å²) in [6.07, 6.45) is -1.33. The van der Waals surface area contributed by atoms with Crippen molar-refractivity contribution in [2.45, 2.75) is 179 Å². The molecule has 9 nitrogen and oxygen atoms in total. The Labute approximate surface area is 446 Å². The van der Waals surface area contributed by atoms with Crippen LogP contribution in [-0.4, -0.2) is 97.1 Å². The van der Waals surface area contributed by atoms with Crippen LogP contribution in [0.15, 0.2) is 0 Å². The van der Waals surface area contributed by atoms with Gasteiger partial charge in [-0.15, -0.1) is 19.8 Å². The third-order valence-corrected chi connectivity index (χ3v) is 3.41. The summed E-state index contributed by atoms with van der Waals surface area (Å²) in [4.78, 5) is 0.